The molecule has 0 saturated carbocycles. The maximum atomic E-state index is 12.9. The molecule has 0 amide bonds. The normalized spacial score (nSPS) is 13.6. The molecule has 0 N–H and O–H groups in total. The lowest BCUT2D eigenvalue weighted by Crippen LogP contribution is -2.00. The molecule has 5 heteroatoms. The van der Waals surface area contributed by atoms with Crippen molar-refractivity contribution in [3.05, 3.63) is 127 Å². The third kappa shape index (κ3) is 3.94. The predicted molar refractivity (Wildman–Crippen MR) is 152 cm³/mol. The van der Waals surface area contributed by atoms with Crippen LogP contribution in [0.3, 0.4) is 0 Å². The Bertz CT molecular complexity index is 1760. The number of hydrogen-bond acceptors (Lipinski definition) is 4. The van der Waals surface area contributed by atoms with Gasteiger partial charge in [0.05, 0.1) is 20.6 Å². The average molecular weight is 508 g/mol. The van der Waals surface area contributed by atoms with Crippen LogP contribution < -0.4 is 0 Å². The summed E-state index contributed by atoms with van der Waals surface area (Å²) in [6.45, 7) is 0. The van der Waals surface area contributed by atoms with E-state index in [0.29, 0.717) is 17.5 Å². The van der Waals surface area contributed by atoms with E-state index >= 15 is 0 Å². The highest BCUT2D eigenvalue weighted by molar-refractivity contribution is 7.85. The minimum atomic E-state index is -1.12. The van der Waals surface area contributed by atoms with Crippen LogP contribution in [0.2, 0.25) is 0 Å². The lowest BCUT2D eigenvalue weighted by Gasteiger charge is -2.09. The first kappa shape index (κ1) is 22.5. The minimum absolute atomic E-state index is 0.627. The van der Waals surface area contributed by atoms with Crippen molar-refractivity contribution in [3.8, 4) is 56.4 Å². The first-order valence-electron chi connectivity index (χ1n) is 12.4. The summed E-state index contributed by atoms with van der Waals surface area (Å²) in [6, 6.07) is 42.3. The van der Waals surface area contributed by atoms with Crippen LogP contribution in [0.5, 0.6) is 0 Å². The molecule has 4 nitrogen and oxygen atoms in total. The maximum Gasteiger partial charge on any atom is 0.164 e. The zero-order valence-electron chi connectivity index (χ0n) is 20.3. The molecule has 0 spiro atoms. The van der Waals surface area contributed by atoms with Crippen molar-refractivity contribution in [3.63, 3.8) is 0 Å². The first-order chi connectivity index (χ1) is 18.7. The standard InChI is InChI=1S/C33H21N3OS/c37-38-29-14-8-7-13-27(29)28-21-26(19-20-30(28)38)22-15-17-25(18-16-22)33-35-31(23-9-3-1-4-10-23)34-32(36-33)24-11-5-2-6-12-24/h1-21H. The van der Waals surface area contributed by atoms with Gasteiger partial charge < -0.3 is 0 Å². The second-order valence-electron chi connectivity index (χ2n) is 9.09. The van der Waals surface area contributed by atoms with Crippen LogP contribution in [-0.4, -0.2) is 19.2 Å². The number of fused-ring (bicyclic) bond motifs is 3. The van der Waals surface area contributed by atoms with Gasteiger partial charge in [-0.1, -0.05) is 109 Å². The van der Waals surface area contributed by atoms with E-state index in [1.54, 1.807) is 0 Å². The Labute approximate surface area is 223 Å². The summed E-state index contributed by atoms with van der Waals surface area (Å²) < 4.78 is 12.9. The zero-order valence-corrected chi connectivity index (χ0v) is 21.1. The smallest absolute Gasteiger partial charge is 0.164 e. The second kappa shape index (κ2) is 9.29. The fourth-order valence-electron chi connectivity index (χ4n) is 4.80. The summed E-state index contributed by atoms with van der Waals surface area (Å²) in [4.78, 5) is 16.2. The van der Waals surface area contributed by atoms with Gasteiger partial charge >= 0.3 is 0 Å². The molecule has 1 unspecified atom stereocenters. The van der Waals surface area contributed by atoms with Gasteiger partial charge in [0.25, 0.3) is 0 Å². The highest BCUT2D eigenvalue weighted by Gasteiger charge is 2.25. The molecule has 0 aliphatic carbocycles. The largest absolute Gasteiger partial charge is 0.249 e. The van der Waals surface area contributed by atoms with Crippen LogP contribution in [0, 0.1) is 0 Å². The third-order valence-electron chi connectivity index (χ3n) is 6.73. The number of rotatable bonds is 4. The van der Waals surface area contributed by atoms with Crippen LogP contribution in [0.25, 0.3) is 56.4 Å². The number of nitrogens with zero attached hydrogens (tertiary/aromatic N) is 3. The second-order valence-corrected chi connectivity index (χ2v) is 10.5. The molecule has 6 aromatic rings. The van der Waals surface area contributed by atoms with Crippen molar-refractivity contribution in [2.75, 3.05) is 0 Å². The van der Waals surface area contributed by atoms with E-state index in [0.717, 1.165) is 48.7 Å². The topological polar surface area (TPSA) is 55.7 Å². The Morgan fingerprint density at radius 1 is 0.395 bits per heavy atom. The summed E-state index contributed by atoms with van der Waals surface area (Å²) in [5.74, 6) is 1.91. The highest BCUT2D eigenvalue weighted by Crippen LogP contribution is 2.42. The Hall–Kier alpha value is -4.74. The van der Waals surface area contributed by atoms with Crippen LogP contribution in [0.1, 0.15) is 0 Å². The Balaban J connectivity index is 1.28. The van der Waals surface area contributed by atoms with E-state index in [2.05, 4.69) is 18.2 Å². The van der Waals surface area contributed by atoms with Gasteiger partial charge in [-0.25, -0.2) is 19.2 Å². The number of aromatic nitrogens is 3. The van der Waals surface area contributed by atoms with Crippen molar-refractivity contribution in [1.29, 1.82) is 0 Å². The van der Waals surface area contributed by atoms with E-state index in [1.165, 1.54) is 0 Å². The summed E-state index contributed by atoms with van der Waals surface area (Å²) in [5, 5.41) is 0. The molecule has 0 fully saturated rings. The molecule has 0 radical (unpaired) electrons. The first-order valence-corrected chi connectivity index (χ1v) is 13.5. The van der Waals surface area contributed by atoms with Gasteiger partial charge in [0.15, 0.2) is 17.5 Å². The quantitative estimate of drug-likeness (QED) is 0.245. The zero-order chi connectivity index (χ0) is 25.5. The van der Waals surface area contributed by atoms with E-state index in [1.807, 2.05) is 109 Å². The highest BCUT2D eigenvalue weighted by atomic mass is 32.2. The van der Waals surface area contributed by atoms with Crippen LogP contribution in [-0.2, 0) is 10.8 Å². The molecule has 7 rings (SSSR count). The molecular weight excluding hydrogens is 486 g/mol. The Kier molecular flexibility index (Phi) is 5.49. The lowest BCUT2D eigenvalue weighted by atomic mass is 9.98. The summed E-state index contributed by atoms with van der Waals surface area (Å²) in [7, 11) is -1.12. The van der Waals surface area contributed by atoms with E-state index in [4.69, 9.17) is 15.0 Å². The van der Waals surface area contributed by atoms with Crippen molar-refractivity contribution >= 4 is 10.8 Å². The van der Waals surface area contributed by atoms with Crippen molar-refractivity contribution in [1.82, 2.24) is 15.0 Å². The lowest BCUT2D eigenvalue weighted by molar-refractivity contribution is 0.685. The summed E-state index contributed by atoms with van der Waals surface area (Å²) >= 11 is 0. The maximum absolute atomic E-state index is 12.9. The van der Waals surface area contributed by atoms with Gasteiger partial charge in [0.1, 0.15) is 0 Å². The van der Waals surface area contributed by atoms with Gasteiger partial charge in [0, 0.05) is 22.3 Å². The van der Waals surface area contributed by atoms with Crippen LogP contribution >= 0.6 is 0 Å². The van der Waals surface area contributed by atoms with Gasteiger partial charge in [0.2, 0.25) is 0 Å². The average Bonchev–Trinajstić information content (AvgIpc) is 3.29. The minimum Gasteiger partial charge on any atom is -0.249 e. The van der Waals surface area contributed by atoms with E-state index in [-0.39, 0.29) is 0 Å². The Morgan fingerprint density at radius 3 is 1.45 bits per heavy atom. The molecule has 1 aromatic heterocycles. The van der Waals surface area contributed by atoms with E-state index < -0.39 is 10.8 Å². The van der Waals surface area contributed by atoms with Gasteiger partial charge in [-0.05, 0) is 34.9 Å². The monoisotopic (exact) mass is 507 g/mol. The molecular formula is C33H21N3OS. The summed E-state index contributed by atoms with van der Waals surface area (Å²) in [6.07, 6.45) is 0. The number of benzene rings is 5. The van der Waals surface area contributed by atoms with Gasteiger partial charge in [-0.3, -0.25) is 0 Å². The van der Waals surface area contributed by atoms with Crippen molar-refractivity contribution in [2.24, 2.45) is 0 Å². The molecule has 0 saturated heterocycles. The molecule has 1 atom stereocenters. The number of hydrogen-bond donors (Lipinski definition) is 0. The Morgan fingerprint density at radius 2 is 0.842 bits per heavy atom. The van der Waals surface area contributed by atoms with Gasteiger partial charge in [-0.15, -0.1) is 0 Å². The van der Waals surface area contributed by atoms with Crippen LogP contribution in [0.4, 0.5) is 0 Å². The molecule has 1 aliphatic heterocycles. The molecule has 0 bridgehead atoms. The summed E-state index contributed by atoms with van der Waals surface area (Å²) in [5.41, 5.74) is 7.05. The molecule has 1 aliphatic rings. The molecule has 38 heavy (non-hydrogen) atoms. The molecule has 180 valence electrons. The molecule has 5 aromatic carbocycles. The van der Waals surface area contributed by atoms with Crippen molar-refractivity contribution < 1.29 is 4.21 Å². The van der Waals surface area contributed by atoms with Gasteiger partial charge in [-0.2, -0.15) is 0 Å². The fraction of sp³-hybridized carbons (Fsp3) is 0. The molecule has 2 heterocycles. The van der Waals surface area contributed by atoms with Crippen LogP contribution in [0.15, 0.2) is 137 Å². The third-order valence-corrected chi connectivity index (χ3v) is 8.24. The van der Waals surface area contributed by atoms with Crippen molar-refractivity contribution in [2.45, 2.75) is 9.79 Å². The SMILES string of the molecule is O=S1c2ccccc2-c2cc(-c3ccc(-c4nc(-c5ccccc5)nc(-c5ccccc5)n4)cc3)ccc21. The fourth-order valence-corrected chi connectivity index (χ4v) is 6.18. The predicted octanol–water partition coefficient (Wildman–Crippen LogP) is 7.69. The van der Waals surface area contributed by atoms with E-state index in [9.17, 15) is 4.21 Å².